The Morgan fingerprint density at radius 2 is 1.66 bits per heavy atom. The maximum Gasteiger partial charge on any atom is 0.247 e. The lowest BCUT2D eigenvalue weighted by Crippen LogP contribution is -2.49. The zero-order chi connectivity index (χ0) is 22.7. The summed E-state index contributed by atoms with van der Waals surface area (Å²) in [6.45, 7) is 6.59. The summed E-state index contributed by atoms with van der Waals surface area (Å²) in [5, 5.41) is 8.27. The molecule has 1 aliphatic heterocycles. The molecule has 0 aliphatic carbocycles. The molecule has 1 fully saturated rings. The minimum Gasteiger partial charge on any atom is -0.497 e. The summed E-state index contributed by atoms with van der Waals surface area (Å²) in [5.74, 6) is 1.77. The van der Waals surface area contributed by atoms with Gasteiger partial charge in [-0.25, -0.2) is 8.42 Å². The summed E-state index contributed by atoms with van der Waals surface area (Å²) in [5.41, 5.74) is 2.30. The van der Waals surface area contributed by atoms with Gasteiger partial charge >= 0.3 is 0 Å². The number of methoxy groups -OCH3 is 1. The van der Waals surface area contributed by atoms with Crippen molar-refractivity contribution in [2.24, 2.45) is 0 Å². The third-order valence-electron chi connectivity index (χ3n) is 5.73. The minimum absolute atomic E-state index is 0.381. The molecule has 0 N–H and O–H groups in total. The molecule has 0 spiro atoms. The Kier molecular flexibility index (Phi) is 6.59. The molecule has 1 aliphatic rings. The molecule has 3 aromatic rings. The smallest absolute Gasteiger partial charge is 0.247 e. The second kappa shape index (κ2) is 9.40. The Balaban J connectivity index is 1.35. The molecule has 170 valence electrons. The monoisotopic (exact) mass is 456 g/mol. The summed E-state index contributed by atoms with van der Waals surface area (Å²) in [4.78, 5) is 2.61. The number of piperazine rings is 1. The zero-order valence-corrected chi connectivity index (χ0v) is 19.4. The number of hydrogen-bond donors (Lipinski definition) is 0. The maximum atomic E-state index is 13.3. The highest BCUT2D eigenvalue weighted by atomic mass is 32.2. The molecule has 1 aromatic heterocycles. The first-order valence-electron chi connectivity index (χ1n) is 10.6. The van der Waals surface area contributed by atoms with Gasteiger partial charge in [0.15, 0.2) is 0 Å². The van der Waals surface area contributed by atoms with Gasteiger partial charge in [-0.1, -0.05) is 18.2 Å². The molecule has 0 amide bonds. The topological polar surface area (TPSA) is 88.8 Å². The second-order valence-corrected chi connectivity index (χ2v) is 9.83. The van der Waals surface area contributed by atoms with Crippen LogP contribution in [0.4, 0.5) is 0 Å². The minimum atomic E-state index is -3.56. The van der Waals surface area contributed by atoms with Crippen LogP contribution in [0.2, 0.25) is 0 Å². The lowest BCUT2D eigenvalue weighted by molar-refractivity contribution is 0.187. The number of hydrogen-bond acceptors (Lipinski definition) is 7. The van der Waals surface area contributed by atoms with Crippen molar-refractivity contribution in [3.63, 3.8) is 0 Å². The molecule has 2 heterocycles. The third-order valence-corrected chi connectivity index (χ3v) is 7.93. The molecule has 0 bridgehead atoms. The van der Waals surface area contributed by atoms with Crippen LogP contribution < -0.4 is 4.74 Å². The van der Waals surface area contributed by atoms with E-state index in [9.17, 15) is 8.42 Å². The van der Waals surface area contributed by atoms with E-state index < -0.39 is 10.0 Å². The highest BCUT2D eigenvalue weighted by Gasteiger charge is 2.31. The fourth-order valence-corrected chi connectivity index (χ4v) is 5.90. The Morgan fingerprint density at radius 1 is 1.00 bits per heavy atom. The molecule has 9 heteroatoms. The highest BCUT2D eigenvalue weighted by molar-refractivity contribution is 7.89. The van der Waals surface area contributed by atoms with Gasteiger partial charge in [0.2, 0.25) is 21.8 Å². The molecule has 4 rings (SSSR count). The number of ether oxygens (including phenoxy) is 1. The SMILES string of the molecule is COc1cc(C)c(S(=O)(=O)N2CCN(CCc3nnc(-c4ccccc4)o3)CC2)c(C)c1. The van der Waals surface area contributed by atoms with E-state index in [0.29, 0.717) is 66.2 Å². The van der Waals surface area contributed by atoms with Gasteiger partial charge in [-0.3, -0.25) is 0 Å². The maximum absolute atomic E-state index is 13.3. The molecule has 1 saturated heterocycles. The van der Waals surface area contributed by atoms with Crippen LogP contribution in [0.25, 0.3) is 11.5 Å². The fourth-order valence-electron chi connectivity index (χ4n) is 4.06. The molecular formula is C23H28N4O4S. The van der Waals surface area contributed by atoms with Crippen molar-refractivity contribution >= 4 is 10.0 Å². The summed E-state index contributed by atoms with van der Waals surface area (Å²) in [6, 6.07) is 13.2. The molecule has 8 nitrogen and oxygen atoms in total. The Bertz CT molecular complexity index is 1150. The van der Waals surface area contributed by atoms with E-state index in [1.54, 1.807) is 23.5 Å². The van der Waals surface area contributed by atoms with Crippen molar-refractivity contribution in [3.05, 3.63) is 59.5 Å². The first kappa shape index (κ1) is 22.4. The van der Waals surface area contributed by atoms with Gasteiger partial charge in [-0.2, -0.15) is 4.31 Å². The standard InChI is InChI=1S/C23H28N4O4S/c1-17-15-20(30-3)16-18(2)22(17)32(28,29)27-13-11-26(12-14-27)10-9-21-24-25-23(31-21)19-7-5-4-6-8-19/h4-8,15-16H,9-14H2,1-3H3. The Hall–Kier alpha value is -2.75. The van der Waals surface area contributed by atoms with Crippen molar-refractivity contribution < 1.29 is 17.6 Å². The first-order valence-corrected chi connectivity index (χ1v) is 12.1. The molecule has 32 heavy (non-hydrogen) atoms. The van der Waals surface area contributed by atoms with E-state index >= 15 is 0 Å². The quantitative estimate of drug-likeness (QED) is 0.540. The second-order valence-electron chi connectivity index (χ2n) is 7.95. The number of nitrogens with zero attached hydrogens (tertiary/aromatic N) is 4. The van der Waals surface area contributed by atoms with Crippen LogP contribution in [0.15, 0.2) is 51.8 Å². The van der Waals surface area contributed by atoms with Gasteiger partial charge in [-0.05, 0) is 49.2 Å². The zero-order valence-electron chi connectivity index (χ0n) is 18.6. The van der Waals surface area contributed by atoms with E-state index in [4.69, 9.17) is 9.15 Å². The number of aromatic nitrogens is 2. The number of aryl methyl sites for hydroxylation is 2. The van der Waals surface area contributed by atoms with Crippen molar-refractivity contribution in [1.82, 2.24) is 19.4 Å². The number of sulfonamides is 1. The molecule has 2 aromatic carbocycles. The third kappa shape index (κ3) is 4.69. The average molecular weight is 457 g/mol. The van der Waals surface area contributed by atoms with Gasteiger partial charge < -0.3 is 14.1 Å². The molecule has 0 unspecified atom stereocenters. The largest absolute Gasteiger partial charge is 0.497 e. The Morgan fingerprint density at radius 3 is 2.28 bits per heavy atom. The summed E-state index contributed by atoms with van der Waals surface area (Å²) >= 11 is 0. The van der Waals surface area contributed by atoms with Gasteiger partial charge in [0, 0.05) is 44.7 Å². The first-order chi connectivity index (χ1) is 15.4. The molecule has 0 atom stereocenters. The predicted octanol–water partition coefficient (Wildman–Crippen LogP) is 2.91. The van der Waals surface area contributed by atoms with Crippen molar-refractivity contribution in [2.75, 3.05) is 39.8 Å². The van der Waals surface area contributed by atoms with E-state index in [1.807, 2.05) is 44.2 Å². The molecule has 0 saturated carbocycles. The highest BCUT2D eigenvalue weighted by Crippen LogP contribution is 2.28. The van der Waals surface area contributed by atoms with Gasteiger partial charge in [0.05, 0.1) is 12.0 Å². The molecule has 0 radical (unpaired) electrons. The van der Waals surface area contributed by atoms with Crippen molar-refractivity contribution in [3.8, 4) is 17.2 Å². The van der Waals surface area contributed by atoms with E-state index in [-0.39, 0.29) is 0 Å². The van der Waals surface area contributed by atoms with Gasteiger partial charge in [0.25, 0.3) is 0 Å². The predicted molar refractivity (Wildman–Crippen MR) is 121 cm³/mol. The van der Waals surface area contributed by atoms with Crippen LogP contribution in [-0.4, -0.2) is 67.7 Å². The fraction of sp³-hybridized carbons (Fsp3) is 0.391. The summed E-state index contributed by atoms with van der Waals surface area (Å²) < 4.78 is 39.2. The summed E-state index contributed by atoms with van der Waals surface area (Å²) in [6.07, 6.45) is 0.628. The van der Waals surface area contributed by atoms with Gasteiger partial charge in [0.1, 0.15) is 5.75 Å². The summed E-state index contributed by atoms with van der Waals surface area (Å²) in [7, 11) is -1.97. The van der Waals surface area contributed by atoms with Crippen LogP contribution in [0.3, 0.4) is 0 Å². The van der Waals surface area contributed by atoms with E-state index in [1.165, 1.54) is 0 Å². The lowest BCUT2D eigenvalue weighted by Gasteiger charge is -2.34. The van der Waals surface area contributed by atoms with Gasteiger partial charge in [-0.15, -0.1) is 10.2 Å². The van der Waals surface area contributed by atoms with Crippen LogP contribution in [0.1, 0.15) is 17.0 Å². The van der Waals surface area contributed by atoms with Crippen molar-refractivity contribution in [2.45, 2.75) is 25.2 Å². The number of rotatable bonds is 7. The van der Waals surface area contributed by atoms with Crippen molar-refractivity contribution in [1.29, 1.82) is 0 Å². The van der Waals surface area contributed by atoms with Crippen LogP contribution >= 0.6 is 0 Å². The normalized spacial score (nSPS) is 15.7. The molecular weight excluding hydrogens is 428 g/mol. The lowest BCUT2D eigenvalue weighted by atomic mass is 10.1. The van der Waals surface area contributed by atoms with Crippen LogP contribution in [0, 0.1) is 13.8 Å². The van der Waals surface area contributed by atoms with E-state index in [0.717, 1.165) is 12.1 Å². The van der Waals surface area contributed by atoms with Crippen LogP contribution in [0.5, 0.6) is 5.75 Å². The van der Waals surface area contributed by atoms with Crippen LogP contribution in [-0.2, 0) is 16.4 Å². The van der Waals surface area contributed by atoms with E-state index in [2.05, 4.69) is 15.1 Å². The average Bonchev–Trinajstić information content (AvgIpc) is 3.27. The number of benzene rings is 2. The Labute approximate surface area is 188 Å².